The Morgan fingerprint density at radius 3 is 0.847 bits per heavy atom. The number of hydrogen-bond donors (Lipinski definition) is 3. The Morgan fingerprint density at radius 1 is 0.318 bits per heavy atom. The van der Waals surface area contributed by atoms with E-state index in [0.717, 1.165) is 44.9 Å². The number of rotatable bonds is 73. The predicted octanol–water partition coefficient (Wildman–Crippen LogP) is 25.4. The first kappa shape index (κ1) is 83.1. The Labute approximate surface area is 532 Å². The topological polar surface area (TPSA) is 95.9 Å². The Bertz CT molecular complexity index is 1380. The summed E-state index contributed by atoms with van der Waals surface area (Å²) in [4.78, 5) is 24.6. The first-order valence-corrected chi connectivity index (χ1v) is 38.8. The number of unbranched alkanes of at least 4 members (excludes halogenated alkanes) is 58. The standard InChI is InChI=1S/C79H151NO5/c1-3-5-7-9-11-13-15-17-18-19-20-38-41-44-48-51-55-59-63-67-71-77(82)76(75-81)80-78(83)72-68-64-60-56-52-49-45-42-39-36-34-32-30-28-26-24-22-21-23-25-27-29-31-33-35-37-40-43-46-50-54-58-62-66-70-74-85-79(84)73-69-65-61-57-53-47-16-14-12-10-8-6-4-2/h14,16,23,25,67,71,76-77,81-82H,3-13,15,17-22,24,26-66,68-70,72-75H2,1-2H3,(H,80,83)/b16-14-,25-23-,71-67+. The minimum Gasteiger partial charge on any atom is -0.466 e. The largest absolute Gasteiger partial charge is 0.466 e. The zero-order valence-electron chi connectivity index (χ0n) is 57.6. The van der Waals surface area contributed by atoms with E-state index in [0.29, 0.717) is 19.4 Å². The lowest BCUT2D eigenvalue weighted by Crippen LogP contribution is -2.45. The number of aliphatic hydroxyl groups excluding tert-OH is 2. The summed E-state index contributed by atoms with van der Waals surface area (Å²) < 4.78 is 5.49. The fourth-order valence-electron chi connectivity index (χ4n) is 12.2. The van der Waals surface area contributed by atoms with Gasteiger partial charge in [0.25, 0.3) is 0 Å². The van der Waals surface area contributed by atoms with Crippen molar-refractivity contribution in [2.24, 2.45) is 0 Å². The summed E-state index contributed by atoms with van der Waals surface area (Å²) in [7, 11) is 0. The summed E-state index contributed by atoms with van der Waals surface area (Å²) in [5, 5.41) is 23.3. The smallest absolute Gasteiger partial charge is 0.305 e. The molecular weight excluding hydrogens is 1040 g/mol. The lowest BCUT2D eigenvalue weighted by molar-refractivity contribution is -0.143. The van der Waals surface area contributed by atoms with Crippen molar-refractivity contribution in [1.29, 1.82) is 0 Å². The van der Waals surface area contributed by atoms with Gasteiger partial charge in [0, 0.05) is 12.8 Å². The predicted molar refractivity (Wildman–Crippen MR) is 375 cm³/mol. The van der Waals surface area contributed by atoms with Crippen LogP contribution in [0, 0.1) is 0 Å². The molecule has 0 aliphatic carbocycles. The number of allylic oxidation sites excluding steroid dienone is 5. The molecule has 0 saturated carbocycles. The van der Waals surface area contributed by atoms with Gasteiger partial charge in [-0.2, -0.15) is 0 Å². The fraction of sp³-hybridized carbons (Fsp3) is 0.899. The van der Waals surface area contributed by atoms with Crippen LogP contribution >= 0.6 is 0 Å². The van der Waals surface area contributed by atoms with Crippen molar-refractivity contribution in [2.75, 3.05) is 13.2 Å². The van der Waals surface area contributed by atoms with E-state index in [-0.39, 0.29) is 18.5 Å². The van der Waals surface area contributed by atoms with E-state index >= 15 is 0 Å². The van der Waals surface area contributed by atoms with Crippen LogP contribution in [-0.2, 0) is 14.3 Å². The molecule has 3 N–H and O–H groups in total. The molecule has 6 nitrogen and oxygen atoms in total. The van der Waals surface area contributed by atoms with Crippen molar-refractivity contribution in [2.45, 2.75) is 443 Å². The molecule has 0 aliphatic heterocycles. The van der Waals surface area contributed by atoms with Crippen LogP contribution in [0.4, 0.5) is 0 Å². The second kappa shape index (κ2) is 74.5. The summed E-state index contributed by atoms with van der Waals surface area (Å²) in [6.07, 6.45) is 96.9. The minimum absolute atomic E-state index is 0.0112. The van der Waals surface area contributed by atoms with Gasteiger partial charge in [0.15, 0.2) is 0 Å². The van der Waals surface area contributed by atoms with Gasteiger partial charge < -0.3 is 20.3 Å². The Morgan fingerprint density at radius 2 is 0.553 bits per heavy atom. The SMILES string of the molecule is CCCCCC/C=C\CCCCCCCC(=O)OCCCCCCCCCCCCCCCC/C=C\CCCCCCCCCCCCCCCCCCCC(=O)NC(CO)C(O)/C=C/CCCCCCCCCCCCCCCCCCCC. The van der Waals surface area contributed by atoms with E-state index in [2.05, 4.69) is 43.5 Å². The third kappa shape index (κ3) is 71.0. The van der Waals surface area contributed by atoms with Gasteiger partial charge in [-0.25, -0.2) is 0 Å². The number of esters is 1. The molecule has 502 valence electrons. The highest BCUT2D eigenvalue weighted by Gasteiger charge is 2.18. The zero-order valence-corrected chi connectivity index (χ0v) is 57.6. The van der Waals surface area contributed by atoms with E-state index < -0.39 is 12.1 Å². The maximum Gasteiger partial charge on any atom is 0.305 e. The Kier molecular flexibility index (Phi) is 72.9. The summed E-state index contributed by atoms with van der Waals surface area (Å²) in [5.41, 5.74) is 0. The van der Waals surface area contributed by atoms with Crippen molar-refractivity contribution in [3.63, 3.8) is 0 Å². The van der Waals surface area contributed by atoms with Crippen molar-refractivity contribution in [3.8, 4) is 0 Å². The highest BCUT2D eigenvalue weighted by Crippen LogP contribution is 2.19. The van der Waals surface area contributed by atoms with Crippen molar-refractivity contribution < 1.29 is 24.5 Å². The van der Waals surface area contributed by atoms with Crippen LogP contribution in [0.2, 0.25) is 0 Å². The molecule has 0 heterocycles. The fourth-order valence-corrected chi connectivity index (χ4v) is 12.2. The Balaban J connectivity index is 3.36. The number of aliphatic hydroxyl groups is 2. The zero-order chi connectivity index (χ0) is 61.3. The van der Waals surface area contributed by atoms with E-state index in [1.54, 1.807) is 6.08 Å². The molecule has 0 rings (SSSR count). The summed E-state index contributed by atoms with van der Waals surface area (Å²) in [5.74, 6) is -0.0491. The van der Waals surface area contributed by atoms with Crippen LogP contribution in [0.3, 0.4) is 0 Å². The van der Waals surface area contributed by atoms with Crippen molar-refractivity contribution >= 4 is 11.9 Å². The molecule has 85 heavy (non-hydrogen) atoms. The molecule has 2 unspecified atom stereocenters. The number of carbonyl (C=O) groups is 2. The molecule has 0 saturated heterocycles. The molecule has 2 atom stereocenters. The first-order valence-electron chi connectivity index (χ1n) is 38.8. The highest BCUT2D eigenvalue weighted by atomic mass is 16.5. The average molecular weight is 1200 g/mol. The molecule has 0 aromatic carbocycles. The van der Waals surface area contributed by atoms with Crippen LogP contribution in [0.5, 0.6) is 0 Å². The third-order valence-corrected chi connectivity index (χ3v) is 18.1. The number of ether oxygens (including phenoxy) is 1. The maximum absolute atomic E-state index is 12.5. The van der Waals surface area contributed by atoms with Gasteiger partial charge in [-0.1, -0.05) is 371 Å². The summed E-state index contributed by atoms with van der Waals surface area (Å²) in [6.45, 7) is 4.93. The van der Waals surface area contributed by atoms with Crippen LogP contribution < -0.4 is 5.32 Å². The molecule has 0 aliphatic rings. The van der Waals surface area contributed by atoms with Crippen molar-refractivity contribution in [1.82, 2.24) is 5.32 Å². The molecular formula is C79H151NO5. The van der Waals surface area contributed by atoms with Crippen LogP contribution in [0.25, 0.3) is 0 Å². The van der Waals surface area contributed by atoms with E-state index in [9.17, 15) is 19.8 Å². The summed E-state index contributed by atoms with van der Waals surface area (Å²) in [6, 6.07) is -0.626. The number of hydrogen-bond acceptors (Lipinski definition) is 5. The van der Waals surface area contributed by atoms with Gasteiger partial charge in [0.1, 0.15) is 0 Å². The van der Waals surface area contributed by atoms with E-state index in [4.69, 9.17) is 4.74 Å². The monoisotopic (exact) mass is 1190 g/mol. The number of carbonyl (C=O) groups excluding carboxylic acids is 2. The molecule has 6 heteroatoms. The minimum atomic E-state index is -0.843. The second-order valence-corrected chi connectivity index (χ2v) is 26.7. The molecule has 0 fully saturated rings. The quantitative estimate of drug-likeness (QED) is 0.0320. The van der Waals surface area contributed by atoms with Gasteiger partial charge in [-0.15, -0.1) is 0 Å². The third-order valence-electron chi connectivity index (χ3n) is 18.1. The van der Waals surface area contributed by atoms with Gasteiger partial charge in [0.05, 0.1) is 25.4 Å². The molecule has 0 bridgehead atoms. The first-order chi connectivity index (χ1) is 42.0. The normalized spacial score (nSPS) is 12.7. The molecule has 0 aromatic rings. The van der Waals surface area contributed by atoms with Gasteiger partial charge in [-0.05, 0) is 83.5 Å². The van der Waals surface area contributed by atoms with E-state index in [1.165, 1.54) is 360 Å². The van der Waals surface area contributed by atoms with Gasteiger partial charge in [-0.3, -0.25) is 9.59 Å². The lowest BCUT2D eigenvalue weighted by Gasteiger charge is -2.20. The van der Waals surface area contributed by atoms with Crippen molar-refractivity contribution in [3.05, 3.63) is 36.5 Å². The van der Waals surface area contributed by atoms with Gasteiger partial charge >= 0.3 is 5.97 Å². The number of nitrogens with one attached hydrogen (secondary N) is 1. The lowest BCUT2D eigenvalue weighted by atomic mass is 10.0. The Hall–Kier alpha value is -1.92. The van der Waals surface area contributed by atoms with E-state index in [1.807, 2.05) is 6.08 Å². The molecule has 0 radical (unpaired) electrons. The average Bonchev–Trinajstić information content (AvgIpc) is 3.51. The summed E-state index contributed by atoms with van der Waals surface area (Å²) >= 11 is 0. The van der Waals surface area contributed by atoms with Crippen LogP contribution in [-0.4, -0.2) is 47.4 Å². The van der Waals surface area contributed by atoms with Crippen LogP contribution in [0.15, 0.2) is 36.5 Å². The number of amides is 1. The van der Waals surface area contributed by atoms with Gasteiger partial charge in [0.2, 0.25) is 5.91 Å². The molecule has 1 amide bonds. The molecule has 0 aromatic heterocycles. The molecule has 0 spiro atoms. The maximum atomic E-state index is 12.5. The highest BCUT2D eigenvalue weighted by molar-refractivity contribution is 5.76. The van der Waals surface area contributed by atoms with Crippen LogP contribution in [0.1, 0.15) is 431 Å². The second-order valence-electron chi connectivity index (χ2n) is 26.7.